The van der Waals surface area contributed by atoms with Crippen molar-refractivity contribution >= 4 is 6.21 Å². The molecule has 0 radical (unpaired) electrons. The molecule has 0 atom stereocenters. The summed E-state index contributed by atoms with van der Waals surface area (Å²) in [5, 5.41) is 0. The second-order valence-corrected chi connectivity index (χ2v) is 1.98. The fourth-order valence-corrected chi connectivity index (χ4v) is 0.563. The number of hydrogen-bond acceptors (Lipinski definition) is 1. The molecule has 0 fully saturated rings. The maximum absolute atomic E-state index is 4.99. The SMILES string of the molecule is C[N+](C)=[C-]c1ccco1. The van der Waals surface area contributed by atoms with E-state index in [4.69, 9.17) is 4.42 Å². The van der Waals surface area contributed by atoms with Crippen LogP contribution in [0.4, 0.5) is 0 Å². The van der Waals surface area contributed by atoms with Crippen LogP contribution in [0, 0.1) is 0 Å². The van der Waals surface area contributed by atoms with Gasteiger partial charge < -0.3 is 8.99 Å². The molecular weight excluding hydrogens is 114 g/mol. The van der Waals surface area contributed by atoms with Gasteiger partial charge in [0.05, 0.1) is 12.5 Å². The van der Waals surface area contributed by atoms with Crippen LogP contribution in [-0.4, -0.2) is 24.9 Å². The lowest BCUT2D eigenvalue weighted by Crippen LogP contribution is -1.97. The highest BCUT2D eigenvalue weighted by Gasteiger charge is 1.80. The predicted molar refractivity (Wildman–Crippen MR) is 34.9 cm³/mol. The van der Waals surface area contributed by atoms with Gasteiger partial charge in [-0.05, 0) is 0 Å². The Bertz CT molecular complexity index is 195. The topological polar surface area (TPSA) is 16.1 Å². The van der Waals surface area contributed by atoms with E-state index in [1.165, 1.54) is 0 Å². The molecule has 48 valence electrons. The quantitative estimate of drug-likeness (QED) is 0.307. The van der Waals surface area contributed by atoms with Crippen molar-refractivity contribution < 1.29 is 8.99 Å². The van der Waals surface area contributed by atoms with E-state index >= 15 is 0 Å². The molecule has 0 saturated carbocycles. The molecule has 2 heteroatoms. The van der Waals surface area contributed by atoms with E-state index in [-0.39, 0.29) is 0 Å². The van der Waals surface area contributed by atoms with Crippen LogP contribution in [0.3, 0.4) is 0 Å². The molecule has 0 aliphatic rings. The zero-order chi connectivity index (χ0) is 6.69. The Labute approximate surface area is 54.4 Å². The summed E-state index contributed by atoms with van der Waals surface area (Å²) in [6.07, 6.45) is 4.58. The average Bonchev–Trinajstić information content (AvgIpc) is 2.15. The fraction of sp³-hybridized carbons (Fsp3) is 0.286. The van der Waals surface area contributed by atoms with E-state index in [1.54, 1.807) is 6.26 Å². The van der Waals surface area contributed by atoms with Crippen LogP contribution in [0.25, 0.3) is 0 Å². The standard InChI is InChI=1S/C7H9NO/c1-8(2)6-7-4-3-5-9-7/h3-5H,1-2H3. The maximum Gasteiger partial charge on any atom is 0.115 e. The zero-order valence-corrected chi connectivity index (χ0v) is 5.59. The molecule has 1 aromatic rings. The van der Waals surface area contributed by atoms with Crippen molar-refractivity contribution in [2.45, 2.75) is 0 Å². The van der Waals surface area contributed by atoms with Crippen molar-refractivity contribution in [3.8, 4) is 0 Å². The Hall–Kier alpha value is -1.05. The Morgan fingerprint density at radius 3 is 2.78 bits per heavy atom. The first-order valence-electron chi connectivity index (χ1n) is 2.76. The van der Waals surface area contributed by atoms with Crippen molar-refractivity contribution in [1.82, 2.24) is 0 Å². The van der Waals surface area contributed by atoms with Crippen LogP contribution >= 0.6 is 0 Å². The molecule has 1 rings (SSSR count). The predicted octanol–water partition coefficient (Wildman–Crippen LogP) is 0.848. The third kappa shape index (κ3) is 1.72. The summed E-state index contributed by atoms with van der Waals surface area (Å²) in [4.78, 5) is 0. The van der Waals surface area contributed by atoms with Crippen LogP contribution in [0.15, 0.2) is 22.8 Å². The van der Waals surface area contributed by atoms with Crippen LogP contribution < -0.4 is 0 Å². The van der Waals surface area contributed by atoms with Crippen LogP contribution in [0.5, 0.6) is 0 Å². The van der Waals surface area contributed by atoms with E-state index < -0.39 is 0 Å². The molecule has 0 spiro atoms. The zero-order valence-electron chi connectivity index (χ0n) is 5.59. The Morgan fingerprint density at radius 2 is 2.33 bits per heavy atom. The van der Waals surface area contributed by atoms with Gasteiger partial charge in [0.15, 0.2) is 0 Å². The number of nitrogens with zero attached hydrogens (tertiary/aromatic N) is 1. The average molecular weight is 123 g/mol. The van der Waals surface area contributed by atoms with Crippen LogP contribution in [-0.2, 0) is 0 Å². The third-order valence-electron chi connectivity index (χ3n) is 0.855. The normalized spacial score (nSPS) is 9.11. The molecule has 2 nitrogen and oxygen atoms in total. The van der Waals surface area contributed by atoms with Gasteiger partial charge in [-0.2, -0.15) is 6.07 Å². The first-order chi connectivity index (χ1) is 4.29. The van der Waals surface area contributed by atoms with Gasteiger partial charge >= 0.3 is 0 Å². The summed E-state index contributed by atoms with van der Waals surface area (Å²) in [6, 6.07) is 3.70. The second-order valence-electron chi connectivity index (χ2n) is 1.98. The first kappa shape index (κ1) is 6.08. The minimum atomic E-state index is 0.764. The van der Waals surface area contributed by atoms with Gasteiger partial charge in [-0.25, -0.2) is 0 Å². The van der Waals surface area contributed by atoms with Crippen molar-refractivity contribution in [3.05, 3.63) is 24.2 Å². The van der Waals surface area contributed by atoms with Gasteiger partial charge in [-0.15, -0.1) is 6.07 Å². The molecule has 0 aliphatic heterocycles. The Morgan fingerprint density at radius 1 is 1.56 bits per heavy atom. The summed E-state index contributed by atoms with van der Waals surface area (Å²) in [5.74, 6) is 0.764. The van der Waals surface area contributed by atoms with Crippen molar-refractivity contribution in [2.24, 2.45) is 0 Å². The van der Waals surface area contributed by atoms with E-state index in [0.717, 1.165) is 5.76 Å². The minimum Gasteiger partial charge on any atom is -0.499 e. The molecular formula is C7H9NO. The number of furan rings is 1. The summed E-state index contributed by atoms with van der Waals surface area (Å²) < 4.78 is 6.81. The molecule has 0 aliphatic carbocycles. The van der Waals surface area contributed by atoms with Crippen molar-refractivity contribution in [2.75, 3.05) is 14.1 Å². The largest absolute Gasteiger partial charge is 0.499 e. The molecule has 0 bridgehead atoms. The fourth-order valence-electron chi connectivity index (χ4n) is 0.563. The summed E-state index contributed by atoms with van der Waals surface area (Å²) in [7, 11) is 3.81. The maximum atomic E-state index is 4.99. The number of hydrogen-bond donors (Lipinski definition) is 0. The van der Waals surface area contributed by atoms with Crippen molar-refractivity contribution in [3.63, 3.8) is 0 Å². The highest BCUT2D eigenvalue weighted by molar-refractivity contribution is 5.70. The smallest absolute Gasteiger partial charge is 0.115 e. The van der Waals surface area contributed by atoms with Gasteiger partial charge in [0.2, 0.25) is 0 Å². The van der Waals surface area contributed by atoms with Crippen LogP contribution in [0.2, 0.25) is 0 Å². The van der Waals surface area contributed by atoms with Crippen molar-refractivity contribution in [1.29, 1.82) is 0 Å². The van der Waals surface area contributed by atoms with Gasteiger partial charge in [0.1, 0.15) is 14.1 Å². The lowest BCUT2D eigenvalue weighted by Gasteiger charge is -1.90. The second kappa shape index (κ2) is 2.49. The number of rotatable bonds is 1. The molecule has 0 unspecified atom stereocenters. The van der Waals surface area contributed by atoms with Gasteiger partial charge in [-0.1, -0.05) is 0 Å². The van der Waals surface area contributed by atoms with E-state index in [0.29, 0.717) is 0 Å². The molecule has 1 aromatic heterocycles. The third-order valence-corrected chi connectivity index (χ3v) is 0.855. The lowest BCUT2D eigenvalue weighted by molar-refractivity contribution is -0.459. The van der Waals surface area contributed by atoms with E-state index in [1.807, 2.05) is 30.8 Å². The Balaban J connectivity index is 2.80. The molecule has 9 heavy (non-hydrogen) atoms. The Kier molecular flexibility index (Phi) is 1.68. The summed E-state index contributed by atoms with van der Waals surface area (Å²) >= 11 is 0. The minimum absolute atomic E-state index is 0.764. The van der Waals surface area contributed by atoms with E-state index in [9.17, 15) is 0 Å². The molecule has 0 saturated heterocycles. The molecule has 0 N–H and O–H groups in total. The molecule has 0 aromatic carbocycles. The van der Waals surface area contributed by atoms with Gasteiger partial charge in [-0.3, -0.25) is 0 Å². The monoisotopic (exact) mass is 123 g/mol. The highest BCUT2D eigenvalue weighted by Crippen LogP contribution is 1.93. The first-order valence-corrected chi connectivity index (χ1v) is 2.76. The van der Waals surface area contributed by atoms with E-state index in [2.05, 4.69) is 6.21 Å². The van der Waals surface area contributed by atoms with Gasteiger partial charge in [0.25, 0.3) is 0 Å². The summed E-state index contributed by atoms with van der Waals surface area (Å²) in [6.45, 7) is 0. The molecule has 0 amide bonds. The van der Waals surface area contributed by atoms with Crippen LogP contribution in [0.1, 0.15) is 5.76 Å². The molecule has 1 heterocycles. The summed E-state index contributed by atoms with van der Waals surface area (Å²) in [5.41, 5.74) is 0. The lowest BCUT2D eigenvalue weighted by atomic mass is 10.5. The van der Waals surface area contributed by atoms with Gasteiger partial charge in [0, 0.05) is 5.76 Å². The highest BCUT2D eigenvalue weighted by atomic mass is 16.3.